The predicted molar refractivity (Wildman–Crippen MR) is 112 cm³/mol. The largest absolute Gasteiger partial charge is 0.491 e. The Hall–Kier alpha value is -1.81. The number of benzene rings is 1. The minimum atomic E-state index is 0.197. The van der Waals surface area contributed by atoms with Gasteiger partial charge in [-0.3, -0.25) is 4.68 Å². The van der Waals surface area contributed by atoms with Crippen LogP contribution < -0.4 is 4.74 Å². The van der Waals surface area contributed by atoms with Crippen LogP contribution in [0.5, 0.6) is 5.75 Å². The Morgan fingerprint density at radius 3 is 2.52 bits per heavy atom. The third kappa shape index (κ3) is 5.13. The van der Waals surface area contributed by atoms with Gasteiger partial charge in [-0.25, -0.2) is 0 Å². The summed E-state index contributed by atoms with van der Waals surface area (Å²) in [5.41, 5.74) is 3.87. The Morgan fingerprint density at radius 1 is 1.19 bits per heavy atom. The first-order chi connectivity index (χ1) is 13.1. The summed E-state index contributed by atoms with van der Waals surface area (Å²) in [4.78, 5) is 2.42. The molecule has 4 heteroatoms. The van der Waals surface area contributed by atoms with E-state index in [9.17, 15) is 0 Å². The quantitative estimate of drug-likeness (QED) is 0.569. The van der Waals surface area contributed by atoms with Crippen molar-refractivity contribution in [3.05, 3.63) is 36.0 Å². The number of nitrogens with zero attached hydrogens (tertiary/aromatic N) is 3. The van der Waals surface area contributed by atoms with Crippen LogP contribution in [-0.2, 0) is 6.54 Å². The highest BCUT2D eigenvalue weighted by Gasteiger charge is 2.23. The molecule has 0 saturated heterocycles. The van der Waals surface area contributed by atoms with Crippen molar-refractivity contribution < 1.29 is 4.74 Å². The normalized spacial score (nSPS) is 15.2. The van der Waals surface area contributed by atoms with E-state index in [2.05, 4.69) is 67.9 Å². The van der Waals surface area contributed by atoms with E-state index in [1.807, 2.05) is 0 Å². The van der Waals surface area contributed by atoms with Crippen LogP contribution >= 0.6 is 0 Å². The Balaban J connectivity index is 1.88. The Morgan fingerprint density at radius 2 is 1.89 bits per heavy atom. The summed E-state index contributed by atoms with van der Waals surface area (Å²) in [6.45, 7) is 8.46. The van der Waals surface area contributed by atoms with Gasteiger partial charge in [-0.2, -0.15) is 5.10 Å². The topological polar surface area (TPSA) is 30.3 Å². The van der Waals surface area contributed by atoms with Crippen molar-refractivity contribution in [2.24, 2.45) is 0 Å². The van der Waals surface area contributed by atoms with Crippen molar-refractivity contribution in [1.29, 1.82) is 0 Å². The molecule has 4 nitrogen and oxygen atoms in total. The summed E-state index contributed by atoms with van der Waals surface area (Å²) in [6, 6.07) is 9.10. The molecule has 148 valence electrons. The molecule has 1 fully saturated rings. The van der Waals surface area contributed by atoms with Crippen molar-refractivity contribution in [1.82, 2.24) is 14.7 Å². The van der Waals surface area contributed by atoms with E-state index in [4.69, 9.17) is 9.84 Å². The van der Waals surface area contributed by atoms with Crippen LogP contribution in [0.4, 0.5) is 0 Å². The molecular formula is C23H35N3O. The lowest BCUT2D eigenvalue weighted by atomic mass is 10.1. The minimum Gasteiger partial charge on any atom is -0.491 e. The lowest BCUT2D eigenvalue weighted by Crippen LogP contribution is -2.19. The zero-order valence-electron chi connectivity index (χ0n) is 17.4. The van der Waals surface area contributed by atoms with Gasteiger partial charge < -0.3 is 9.64 Å². The second kappa shape index (κ2) is 9.41. The number of hydrogen-bond acceptors (Lipinski definition) is 3. The van der Waals surface area contributed by atoms with Gasteiger partial charge >= 0.3 is 0 Å². The third-order valence-corrected chi connectivity index (χ3v) is 5.37. The third-order valence-electron chi connectivity index (χ3n) is 5.37. The van der Waals surface area contributed by atoms with Crippen molar-refractivity contribution >= 4 is 0 Å². The van der Waals surface area contributed by atoms with E-state index < -0.39 is 0 Å². The van der Waals surface area contributed by atoms with Crippen molar-refractivity contribution in [2.45, 2.75) is 78.0 Å². The number of rotatable bonds is 9. The smallest absolute Gasteiger partial charge is 0.119 e. The molecule has 0 aliphatic heterocycles. The first-order valence-corrected chi connectivity index (χ1v) is 10.6. The average Bonchev–Trinajstić information content (AvgIpc) is 3.30. The number of ether oxygens (including phenoxy) is 1. The summed E-state index contributed by atoms with van der Waals surface area (Å²) in [5.74, 6) is 0.933. The first-order valence-electron chi connectivity index (χ1n) is 10.6. The molecule has 0 radical (unpaired) electrons. The number of aromatic nitrogens is 2. The van der Waals surface area contributed by atoms with E-state index in [1.165, 1.54) is 55.3 Å². The van der Waals surface area contributed by atoms with E-state index >= 15 is 0 Å². The van der Waals surface area contributed by atoms with Gasteiger partial charge in [0.1, 0.15) is 5.75 Å². The van der Waals surface area contributed by atoms with Crippen LogP contribution in [0.15, 0.2) is 30.5 Å². The van der Waals surface area contributed by atoms with E-state index in [-0.39, 0.29) is 6.10 Å². The zero-order chi connectivity index (χ0) is 19.2. The molecule has 1 heterocycles. The molecular weight excluding hydrogens is 334 g/mol. The molecule has 2 aromatic rings. The molecule has 27 heavy (non-hydrogen) atoms. The van der Waals surface area contributed by atoms with Crippen LogP contribution in [0.3, 0.4) is 0 Å². The van der Waals surface area contributed by atoms with E-state index in [0.29, 0.717) is 6.04 Å². The van der Waals surface area contributed by atoms with E-state index in [1.54, 1.807) is 0 Å². The first kappa shape index (κ1) is 19.9. The maximum absolute atomic E-state index is 5.83. The summed E-state index contributed by atoms with van der Waals surface area (Å²) in [5, 5.41) is 4.84. The molecule has 0 amide bonds. The van der Waals surface area contributed by atoms with Gasteiger partial charge in [-0.1, -0.05) is 26.2 Å². The Bertz CT molecular complexity index is 699. The summed E-state index contributed by atoms with van der Waals surface area (Å²) in [7, 11) is 2.21. The fourth-order valence-electron chi connectivity index (χ4n) is 4.02. The molecule has 1 aliphatic rings. The highest BCUT2D eigenvalue weighted by atomic mass is 16.5. The molecule has 0 unspecified atom stereocenters. The monoisotopic (exact) mass is 369 g/mol. The van der Waals surface area contributed by atoms with Gasteiger partial charge in [0.15, 0.2) is 0 Å². The molecule has 0 bridgehead atoms. The standard InChI is InChI=1S/C23H35N3O/c1-5-6-15-25(4)17-20-16-24-26(21-9-7-8-10-21)23(20)19-11-13-22(14-12-19)27-18(2)3/h11-14,16,18,21H,5-10,15,17H2,1-4H3. The average molecular weight is 370 g/mol. The molecule has 3 rings (SSSR count). The molecule has 1 aliphatic carbocycles. The van der Waals surface area contributed by atoms with Gasteiger partial charge in [-0.05, 0) is 71.0 Å². The van der Waals surface area contributed by atoms with Crippen LogP contribution in [-0.4, -0.2) is 34.4 Å². The Labute approximate surface area is 164 Å². The molecule has 1 aromatic carbocycles. The fourth-order valence-corrected chi connectivity index (χ4v) is 4.02. The number of hydrogen-bond donors (Lipinski definition) is 0. The van der Waals surface area contributed by atoms with Gasteiger partial charge in [0.25, 0.3) is 0 Å². The molecule has 0 atom stereocenters. The molecule has 0 N–H and O–H groups in total. The minimum absolute atomic E-state index is 0.197. The van der Waals surface area contributed by atoms with Crippen LogP contribution in [0.25, 0.3) is 11.3 Å². The lowest BCUT2D eigenvalue weighted by molar-refractivity contribution is 0.242. The van der Waals surface area contributed by atoms with Crippen molar-refractivity contribution in [2.75, 3.05) is 13.6 Å². The second-order valence-corrected chi connectivity index (χ2v) is 8.18. The van der Waals surface area contributed by atoms with Crippen molar-refractivity contribution in [3.63, 3.8) is 0 Å². The SMILES string of the molecule is CCCCN(C)Cc1cnn(C2CCCC2)c1-c1ccc(OC(C)C)cc1. The zero-order valence-corrected chi connectivity index (χ0v) is 17.4. The van der Waals surface area contributed by atoms with Crippen LogP contribution in [0, 0.1) is 0 Å². The van der Waals surface area contributed by atoms with Gasteiger partial charge in [-0.15, -0.1) is 0 Å². The van der Waals surface area contributed by atoms with Gasteiger partial charge in [0.2, 0.25) is 0 Å². The Kier molecular flexibility index (Phi) is 6.95. The van der Waals surface area contributed by atoms with Gasteiger partial charge in [0.05, 0.1) is 24.0 Å². The van der Waals surface area contributed by atoms with Crippen molar-refractivity contribution in [3.8, 4) is 17.0 Å². The van der Waals surface area contributed by atoms with E-state index in [0.717, 1.165) is 18.8 Å². The summed E-state index contributed by atoms with van der Waals surface area (Å²) in [6.07, 6.45) is 9.88. The maximum Gasteiger partial charge on any atom is 0.119 e. The predicted octanol–water partition coefficient (Wildman–Crippen LogP) is 5.68. The molecule has 0 spiro atoms. The fraction of sp³-hybridized carbons (Fsp3) is 0.609. The number of unbranched alkanes of at least 4 members (excludes halogenated alkanes) is 1. The van der Waals surface area contributed by atoms with Crippen LogP contribution in [0.2, 0.25) is 0 Å². The molecule has 1 saturated carbocycles. The molecule has 1 aromatic heterocycles. The maximum atomic E-state index is 5.83. The highest BCUT2D eigenvalue weighted by molar-refractivity contribution is 5.64. The second-order valence-electron chi connectivity index (χ2n) is 8.18. The van der Waals surface area contributed by atoms with Gasteiger partial charge in [0, 0.05) is 17.7 Å². The summed E-state index contributed by atoms with van der Waals surface area (Å²) < 4.78 is 8.12. The lowest BCUT2D eigenvalue weighted by Gasteiger charge is -2.19. The highest BCUT2D eigenvalue weighted by Crippen LogP contribution is 2.35. The summed E-state index contributed by atoms with van der Waals surface area (Å²) >= 11 is 0. The van der Waals surface area contributed by atoms with Crippen LogP contribution in [0.1, 0.15) is 70.9 Å².